The molecule has 0 aromatic heterocycles. The summed E-state index contributed by atoms with van der Waals surface area (Å²) in [6, 6.07) is 48.1. The molecule has 0 bridgehead atoms. The van der Waals surface area contributed by atoms with E-state index in [2.05, 4.69) is 165 Å². The van der Waals surface area contributed by atoms with Gasteiger partial charge in [0.05, 0.1) is 0 Å². The summed E-state index contributed by atoms with van der Waals surface area (Å²) in [6.07, 6.45) is 0.871. The third-order valence-electron chi connectivity index (χ3n) is 12.2. The Kier molecular flexibility index (Phi) is 14.6. The molecular formula is C43H65O3PSi3. The first-order valence-electron chi connectivity index (χ1n) is 19.6. The quantitative estimate of drug-likeness (QED) is 0.0666. The Morgan fingerprint density at radius 2 is 0.700 bits per heavy atom. The van der Waals surface area contributed by atoms with Crippen molar-refractivity contribution in [3.63, 3.8) is 0 Å². The molecule has 50 heavy (non-hydrogen) atoms. The zero-order valence-electron chi connectivity index (χ0n) is 32.6. The second-order valence-electron chi connectivity index (χ2n) is 14.1. The zero-order chi connectivity index (χ0) is 36.3. The van der Waals surface area contributed by atoms with E-state index in [0.717, 1.165) is 77.8 Å². The summed E-state index contributed by atoms with van der Waals surface area (Å²) < 4.78 is 22.6. The van der Waals surface area contributed by atoms with Crippen molar-refractivity contribution < 1.29 is 13.3 Å². The molecule has 0 aliphatic carbocycles. The molecule has 0 aliphatic rings. The van der Waals surface area contributed by atoms with E-state index in [9.17, 15) is 0 Å². The van der Waals surface area contributed by atoms with E-state index in [0.29, 0.717) is 0 Å². The van der Waals surface area contributed by atoms with Gasteiger partial charge in [-0.3, -0.25) is 0 Å². The van der Waals surface area contributed by atoms with E-state index in [1.807, 2.05) is 0 Å². The van der Waals surface area contributed by atoms with Crippen molar-refractivity contribution in [1.29, 1.82) is 0 Å². The molecule has 4 rings (SSSR count). The second kappa shape index (κ2) is 18.2. The van der Waals surface area contributed by atoms with Crippen LogP contribution in [0, 0.1) is 0 Å². The van der Waals surface area contributed by atoms with E-state index in [4.69, 9.17) is 13.3 Å². The molecule has 272 valence electrons. The van der Waals surface area contributed by atoms with Crippen molar-refractivity contribution in [1.82, 2.24) is 0 Å². The molecule has 0 amide bonds. The van der Waals surface area contributed by atoms with Gasteiger partial charge in [-0.05, 0) is 0 Å². The van der Waals surface area contributed by atoms with E-state index in [1.165, 1.54) is 21.5 Å². The number of hydrogen-bond donors (Lipinski definition) is 0. The standard InChI is InChI=1S/C43H65O3PSi3/c1-10-48(11-2,12-3)44-41-35-34-37(42(45-49(13-4,14-5)15-6)43(41)46-50(16-7,17-8)18-9)36-47(38-28-22-19-23-29-38,39-30-24-20-25-31-39)40-32-26-21-27-33-40/h19-35,47H,10-18,36H2,1-9H3. The van der Waals surface area contributed by atoms with Crippen LogP contribution < -0.4 is 29.2 Å². The Bertz CT molecular complexity index is 1470. The van der Waals surface area contributed by atoms with Gasteiger partial charge in [0.25, 0.3) is 0 Å². The molecule has 0 spiro atoms. The maximum atomic E-state index is 7.69. The van der Waals surface area contributed by atoms with Crippen LogP contribution in [-0.4, -0.2) is 25.0 Å². The predicted octanol–water partition coefficient (Wildman–Crippen LogP) is 12.1. The van der Waals surface area contributed by atoms with Crippen molar-refractivity contribution >= 4 is 48.1 Å². The molecule has 7 heteroatoms. The fourth-order valence-electron chi connectivity index (χ4n) is 7.84. The molecule has 0 heterocycles. The normalized spacial score (nSPS) is 12.8. The predicted molar refractivity (Wildman–Crippen MR) is 230 cm³/mol. The average Bonchev–Trinajstić information content (AvgIpc) is 3.19. The third-order valence-corrected chi connectivity index (χ3v) is 30.6. The summed E-state index contributed by atoms with van der Waals surface area (Å²) in [5, 5.41) is 4.22. The first kappa shape index (κ1) is 40.1. The topological polar surface area (TPSA) is 27.7 Å². The van der Waals surface area contributed by atoms with Gasteiger partial charge in [-0.2, -0.15) is 0 Å². The first-order chi connectivity index (χ1) is 24.2. The molecule has 4 aromatic carbocycles. The summed E-state index contributed by atoms with van der Waals surface area (Å²) in [5.74, 6) is 2.82. The molecule has 0 N–H and O–H groups in total. The molecule has 0 saturated carbocycles. The number of benzene rings is 4. The van der Waals surface area contributed by atoms with Crippen molar-refractivity contribution in [3.8, 4) is 17.2 Å². The van der Waals surface area contributed by atoms with Gasteiger partial charge < -0.3 is 0 Å². The van der Waals surface area contributed by atoms with Crippen molar-refractivity contribution in [3.05, 3.63) is 109 Å². The van der Waals surface area contributed by atoms with Crippen molar-refractivity contribution in [2.45, 2.75) is 123 Å². The Balaban J connectivity index is 2.14. The Morgan fingerprint density at radius 1 is 0.380 bits per heavy atom. The number of hydrogen-bond acceptors (Lipinski definition) is 3. The van der Waals surface area contributed by atoms with Gasteiger partial charge in [0.15, 0.2) is 0 Å². The van der Waals surface area contributed by atoms with Crippen LogP contribution in [0.5, 0.6) is 17.2 Å². The molecule has 3 nitrogen and oxygen atoms in total. The van der Waals surface area contributed by atoms with Gasteiger partial charge in [0.1, 0.15) is 0 Å². The third kappa shape index (κ3) is 8.36. The van der Waals surface area contributed by atoms with Crippen LogP contribution in [-0.2, 0) is 6.16 Å². The number of rotatable bonds is 20. The van der Waals surface area contributed by atoms with Crippen LogP contribution >= 0.6 is 7.26 Å². The van der Waals surface area contributed by atoms with Crippen molar-refractivity contribution in [2.75, 3.05) is 0 Å². The summed E-state index contributed by atoms with van der Waals surface area (Å²) in [6.45, 7) is 20.9. The zero-order valence-corrected chi connectivity index (χ0v) is 36.6. The van der Waals surface area contributed by atoms with Crippen molar-refractivity contribution in [2.24, 2.45) is 0 Å². The molecular weight excluding hydrogens is 680 g/mol. The van der Waals surface area contributed by atoms with Crippen LogP contribution in [0.4, 0.5) is 0 Å². The minimum atomic E-state index is -2.63. The van der Waals surface area contributed by atoms with Crippen LogP contribution in [0.3, 0.4) is 0 Å². The van der Waals surface area contributed by atoms with E-state index < -0.39 is 32.2 Å². The molecule has 4 aromatic rings. The SMILES string of the molecule is CC[Si](CC)(CC)Oc1ccc(C[PH](c2ccccc2)(c2ccccc2)c2ccccc2)c(O[Si](CC)(CC)CC)c1O[Si](CC)(CC)CC. The molecule has 0 saturated heterocycles. The summed E-state index contributed by atoms with van der Waals surface area (Å²) >= 11 is 0. The average molecular weight is 745 g/mol. The van der Waals surface area contributed by atoms with Gasteiger partial charge in [-0.25, -0.2) is 0 Å². The first-order valence-corrected chi connectivity index (χ1v) is 29.4. The van der Waals surface area contributed by atoms with Gasteiger partial charge in [-0.15, -0.1) is 0 Å². The monoisotopic (exact) mass is 744 g/mol. The van der Waals surface area contributed by atoms with E-state index in [-0.39, 0.29) is 0 Å². The molecule has 0 fully saturated rings. The van der Waals surface area contributed by atoms with Gasteiger partial charge in [0.2, 0.25) is 0 Å². The second-order valence-corrected chi connectivity index (χ2v) is 32.1. The van der Waals surface area contributed by atoms with Gasteiger partial charge in [-0.1, -0.05) is 0 Å². The van der Waals surface area contributed by atoms with Gasteiger partial charge in [0, 0.05) is 0 Å². The van der Waals surface area contributed by atoms with Crippen LogP contribution in [0.1, 0.15) is 67.9 Å². The summed E-state index contributed by atoms with van der Waals surface area (Å²) in [7, 11) is -8.92. The molecule has 0 aliphatic heterocycles. The van der Waals surface area contributed by atoms with E-state index in [1.54, 1.807) is 0 Å². The van der Waals surface area contributed by atoms with Gasteiger partial charge >= 0.3 is 310 Å². The van der Waals surface area contributed by atoms with Crippen LogP contribution in [0.25, 0.3) is 0 Å². The Labute approximate surface area is 308 Å². The summed E-state index contributed by atoms with van der Waals surface area (Å²) in [5.41, 5.74) is 1.26. The Morgan fingerprint density at radius 3 is 1.04 bits per heavy atom. The minimum absolute atomic E-state index is 0.871. The maximum absolute atomic E-state index is 7.69. The van der Waals surface area contributed by atoms with Crippen LogP contribution in [0.15, 0.2) is 103 Å². The molecule has 0 radical (unpaired) electrons. The molecule has 0 unspecified atom stereocenters. The molecule has 0 atom stereocenters. The Hall–Kier alpha value is -2.64. The van der Waals surface area contributed by atoms with Crippen LogP contribution in [0.2, 0.25) is 54.4 Å². The fraction of sp³-hybridized carbons (Fsp3) is 0.442. The summed E-state index contributed by atoms with van der Waals surface area (Å²) in [4.78, 5) is 0. The fourth-order valence-corrected chi connectivity index (χ4v) is 20.3. The van der Waals surface area contributed by atoms with E-state index >= 15 is 0 Å².